The molecule has 0 spiro atoms. The summed E-state index contributed by atoms with van der Waals surface area (Å²) < 4.78 is 10.4. The van der Waals surface area contributed by atoms with Crippen molar-refractivity contribution in [2.24, 2.45) is 5.16 Å². The molecule has 19 heteroatoms. The molecule has 0 radical (unpaired) electrons. The maximum Gasteiger partial charge on any atom is 0.413 e. The Kier molecular flexibility index (Phi) is 9.31. The number of nitrogens with zero attached hydrogens (tertiary/aromatic N) is 5. The van der Waals surface area contributed by atoms with Crippen LogP contribution in [0.2, 0.25) is 0 Å². The number of alkyl carbamates (subject to hydrolysis) is 1. The van der Waals surface area contributed by atoms with Gasteiger partial charge in [0.05, 0.1) is 25.3 Å². The lowest BCUT2D eigenvalue weighted by molar-refractivity contribution is -0.153. The number of rotatable bonds is 11. The molecular formula is C26H35N9O9S. The van der Waals surface area contributed by atoms with Gasteiger partial charge in [-0.2, -0.15) is 15.0 Å². The Hall–Kier alpha value is -4.81. The van der Waals surface area contributed by atoms with Crippen molar-refractivity contribution in [2.75, 3.05) is 5.32 Å². The van der Waals surface area contributed by atoms with E-state index in [2.05, 4.69) is 41.6 Å². The number of amides is 4. The van der Waals surface area contributed by atoms with Crippen LogP contribution in [0.4, 0.5) is 14.7 Å². The number of hydrogen-bond acceptors (Lipinski definition) is 13. The van der Waals surface area contributed by atoms with Gasteiger partial charge >= 0.3 is 18.2 Å². The van der Waals surface area contributed by atoms with Gasteiger partial charge in [0.25, 0.3) is 5.91 Å². The first kappa shape index (κ1) is 33.1. The average Bonchev–Trinajstić information content (AvgIpc) is 3.34. The summed E-state index contributed by atoms with van der Waals surface area (Å²) in [5.74, 6) is -2.59. The fourth-order valence-electron chi connectivity index (χ4n) is 3.75. The van der Waals surface area contributed by atoms with Crippen LogP contribution in [0.5, 0.6) is 0 Å². The number of aromatic nitrogens is 4. The molecule has 1 aliphatic heterocycles. The van der Waals surface area contributed by atoms with E-state index in [1.807, 2.05) is 0 Å². The summed E-state index contributed by atoms with van der Waals surface area (Å²) in [6.07, 6.45) is 0.451. The molecule has 2 atom stereocenters. The number of carboxylic acid groups (broad SMARTS) is 1. The summed E-state index contributed by atoms with van der Waals surface area (Å²) in [5.41, 5.74) is -2.97. The van der Waals surface area contributed by atoms with E-state index >= 15 is 0 Å². The molecule has 1 saturated heterocycles. The Labute approximate surface area is 261 Å². The van der Waals surface area contributed by atoms with Gasteiger partial charge in [-0.25, -0.2) is 19.4 Å². The van der Waals surface area contributed by atoms with E-state index in [4.69, 9.17) is 14.3 Å². The van der Waals surface area contributed by atoms with Crippen molar-refractivity contribution >= 4 is 52.2 Å². The molecule has 18 nitrogen and oxygen atoms in total. The summed E-state index contributed by atoms with van der Waals surface area (Å²) in [7, 11) is 0. The molecule has 3 heterocycles. The third-order valence-electron chi connectivity index (χ3n) is 6.03. The normalized spacial score (nSPS) is 19.0. The molecule has 2 fully saturated rings. The Morgan fingerprint density at radius 3 is 2.40 bits per heavy atom. The molecule has 2 aliphatic rings. The van der Waals surface area contributed by atoms with Crippen LogP contribution in [-0.4, -0.2) is 89.7 Å². The maximum absolute atomic E-state index is 13.4. The first-order valence-corrected chi connectivity index (χ1v) is 14.7. The summed E-state index contributed by atoms with van der Waals surface area (Å²) in [6, 6.07) is -1.64. The molecule has 0 aromatic carbocycles. The van der Waals surface area contributed by atoms with Gasteiger partial charge in [0.1, 0.15) is 28.6 Å². The smallest absolute Gasteiger partial charge is 0.413 e. The first-order valence-electron chi connectivity index (χ1n) is 13.9. The zero-order valence-electron chi connectivity index (χ0n) is 25.5. The molecule has 0 unspecified atom stereocenters. The van der Waals surface area contributed by atoms with Gasteiger partial charge in [-0.05, 0) is 41.5 Å². The van der Waals surface area contributed by atoms with Crippen molar-refractivity contribution in [3.8, 4) is 0 Å². The second kappa shape index (κ2) is 12.7. The number of aliphatic carboxylic acids is 1. The minimum Gasteiger partial charge on any atom is -0.478 e. The standard InChI is InChI=1S/C26H35N9O9S/c1-24(2,3)42-22(40)27-9-13-10-28-35(33-13)11-14-16(18(36)29-14)31-19(37)17(34-44-26(7-8-26)20(38)39)15-12-45-21(30-15)32-23(41)43-25(4,5)6/h10,12,14,16H,7-9,11H2,1-6H3,(H,27,40)(H,29,36)(H,31,37)(H,38,39)(H,30,32,41)/b34-17-/t14-,16+/m1/s1. The minimum atomic E-state index is -1.56. The predicted molar refractivity (Wildman–Crippen MR) is 156 cm³/mol. The van der Waals surface area contributed by atoms with Gasteiger partial charge in [0.2, 0.25) is 11.5 Å². The molecule has 0 bridgehead atoms. The molecule has 4 amide bonds. The van der Waals surface area contributed by atoms with Crippen LogP contribution >= 0.6 is 11.3 Å². The number of carboxylic acids is 1. The van der Waals surface area contributed by atoms with E-state index < -0.39 is 64.6 Å². The van der Waals surface area contributed by atoms with E-state index in [1.165, 1.54) is 16.4 Å². The van der Waals surface area contributed by atoms with Gasteiger partial charge < -0.3 is 35.4 Å². The van der Waals surface area contributed by atoms with Crippen LogP contribution in [0.1, 0.15) is 65.8 Å². The van der Waals surface area contributed by atoms with Crippen molar-refractivity contribution in [3.63, 3.8) is 0 Å². The number of anilines is 1. The Balaban J connectivity index is 1.42. The van der Waals surface area contributed by atoms with E-state index in [1.54, 1.807) is 41.5 Å². The number of oxime groups is 1. The fraction of sp³-hybridized carbons (Fsp3) is 0.577. The number of carbonyl (C=O) groups is 5. The molecule has 2 aromatic rings. The van der Waals surface area contributed by atoms with Crippen LogP contribution in [0, 0.1) is 0 Å². The number of ether oxygens (including phenoxy) is 2. The number of carbonyl (C=O) groups excluding carboxylic acids is 4. The third-order valence-corrected chi connectivity index (χ3v) is 6.79. The van der Waals surface area contributed by atoms with Crippen LogP contribution in [-0.2, 0) is 41.8 Å². The molecule has 244 valence electrons. The van der Waals surface area contributed by atoms with Crippen LogP contribution in [0.3, 0.4) is 0 Å². The zero-order valence-corrected chi connectivity index (χ0v) is 26.3. The summed E-state index contributed by atoms with van der Waals surface area (Å²) in [6.45, 7) is 10.4. The highest BCUT2D eigenvalue weighted by Crippen LogP contribution is 2.40. The van der Waals surface area contributed by atoms with Crippen LogP contribution in [0.25, 0.3) is 0 Å². The summed E-state index contributed by atoms with van der Waals surface area (Å²) in [5, 5.41) is 33.5. The lowest BCUT2D eigenvalue weighted by Gasteiger charge is -2.36. The molecule has 4 rings (SSSR count). The Morgan fingerprint density at radius 2 is 1.80 bits per heavy atom. The molecule has 1 saturated carbocycles. The number of nitrogens with one attached hydrogen (secondary N) is 4. The van der Waals surface area contributed by atoms with Gasteiger partial charge in [-0.1, -0.05) is 5.16 Å². The van der Waals surface area contributed by atoms with Gasteiger partial charge in [-0.3, -0.25) is 14.9 Å². The SMILES string of the molecule is CC(C)(C)OC(=O)NCc1cnn(C[C@H]2NC(=O)[C@H]2NC(=O)/C(=N\OC2(C(=O)O)CC2)c2csc(NC(=O)OC(C)(C)C)n2)n1. The highest BCUT2D eigenvalue weighted by Gasteiger charge is 2.55. The predicted octanol–water partition coefficient (Wildman–Crippen LogP) is 1.13. The Morgan fingerprint density at radius 1 is 1.13 bits per heavy atom. The van der Waals surface area contributed by atoms with Gasteiger partial charge in [-0.15, -0.1) is 11.3 Å². The van der Waals surface area contributed by atoms with Gasteiger partial charge in [0, 0.05) is 18.2 Å². The second-order valence-corrected chi connectivity index (χ2v) is 13.2. The zero-order chi connectivity index (χ0) is 33.2. The molecule has 2 aromatic heterocycles. The largest absolute Gasteiger partial charge is 0.478 e. The number of β-lactam (4-membered cyclic amide) rings is 1. The highest BCUT2D eigenvalue weighted by atomic mass is 32.1. The van der Waals surface area contributed by atoms with Crippen LogP contribution < -0.4 is 21.3 Å². The maximum atomic E-state index is 13.4. The van der Waals surface area contributed by atoms with Crippen molar-refractivity contribution < 1.29 is 43.4 Å². The lowest BCUT2D eigenvalue weighted by atomic mass is 9.98. The molecular weight excluding hydrogens is 614 g/mol. The van der Waals surface area contributed by atoms with Gasteiger partial charge in [0.15, 0.2) is 10.8 Å². The second-order valence-electron chi connectivity index (χ2n) is 12.3. The van der Waals surface area contributed by atoms with Crippen molar-refractivity contribution in [1.29, 1.82) is 0 Å². The van der Waals surface area contributed by atoms with Crippen molar-refractivity contribution in [1.82, 2.24) is 35.9 Å². The monoisotopic (exact) mass is 649 g/mol. The van der Waals surface area contributed by atoms with Crippen molar-refractivity contribution in [3.05, 3.63) is 23.0 Å². The quantitative estimate of drug-likeness (QED) is 0.131. The average molecular weight is 650 g/mol. The molecule has 45 heavy (non-hydrogen) atoms. The van der Waals surface area contributed by atoms with E-state index in [-0.39, 0.29) is 36.8 Å². The highest BCUT2D eigenvalue weighted by molar-refractivity contribution is 7.14. The summed E-state index contributed by atoms with van der Waals surface area (Å²) in [4.78, 5) is 72.2. The summed E-state index contributed by atoms with van der Waals surface area (Å²) >= 11 is 0.968. The third kappa shape index (κ3) is 9.10. The molecule has 5 N–H and O–H groups in total. The van der Waals surface area contributed by atoms with E-state index in [0.717, 1.165) is 11.3 Å². The first-order chi connectivity index (χ1) is 20.9. The number of thiazole rings is 1. The molecule has 1 aliphatic carbocycles. The van der Waals surface area contributed by atoms with Crippen LogP contribution in [0.15, 0.2) is 16.7 Å². The fourth-order valence-corrected chi connectivity index (χ4v) is 4.43. The van der Waals surface area contributed by atoms with E-state index in [0.29, 0.717) is 5.69 Å². The Bertz CT molecular complexity index is 1500. The number of hydrogen-bond donors (Lipinski definition) is 5. The minimum absolute atomic E-state index is 0.0306. The van der Waals surface area contributed by atoms with Crippen molar-refractivity contribution in [2.45, 2.75) is 96.4 Å². The van der Waals surface area contributed by atoms with E-state index in [9.17, 15) is 29.1 Å². The topological polar surface area (TPSA) is 237 Å². The lowest BCUT2D eigenvalue weighted by Crippen LogP contribution is -2.70.